The maximum Gasteiger partial charge on any atom is 0.272 e. The van der Waals surface area contributed by atoms with Gasteiger partial charge in [-0.05, 0) is 52.0 Å². The molecule has 0 bridgehead atoms. The third-order valence-electron chi connectivity index (χ3n) is 6.62. The number of likely N-dealkylation sites (N-methyl/N-ethyl adjacent to an activating group) is 1. The zero-order chi connectivity index (χ0) is 23.9. The van der Waals surface area contributed by atoms with Crippen molar-refractivity contribution in [3.8, 4) is 0 Å². The minimum atomic E-state index is -0.00755. The van der Waals surface area contributed by atoms with Crippen LogP contribution in [0.3, 0.4) is 0 Å². The van der Waals surface area contributed by atoms with Gasteiger partial charge < -0.3 is 10.2 Å². The minimum absolute atomic E-state index is 0.00454. The number of fused-ring (bicyclic) bond motifs is 3. The lowest BCUT2D eigenvalue weighted by atomic mass is 9.97. The van der Waals surface area contributed by atoms with Gasteiger partial charge in [-0.2, -0.15) is 0 Å². The van der Waals surface area contributed by atoms with Crippen LogP contribution in [-0.2, 0) is 11.3 Å². The summed E-state index contributed by atoms with van der Waals surface area (Å²) >= 11 is 2.88. The zero-order valence-electron chi connectivity index (χ0n) is 20.2. The van der Waals surface area contributed by atoms with Gasteiger partial charge >= 0.3 is 0 Å². The summed E-state index contributed by atoms with van der Waals surface area (Å²) < 4.78 is 3.55. The van der Waals surface area contributed by atoms with E-state index in [1.54, 1.807) is 4.57 Å². The molecule has 34 heavy (non-hydrogen) atoms. The molecule has 0 saturated heterocycles. The summed E-state index contributed by atoms with van der Waals surface area (Å²) in [5, 5.41) is 4.69. The van der Waals surface area contributed by atoms with Gasteiger partial charge in [-0.25, -0.2) is 4.98 Å². The van der Waals surface area contributed by atoms with Crippen molar-refractivity contribution in [2.75, 3.05) is 31.9 Å². The first-order valence-electron chi connectivity index (χ1n) is 12.4. The number of carbonyl (C=O) groups is 1. The lowest BCUT2D eigenvalue weighted by molar-refractivity contribution is -0.897. The second-order valence-corrected chi connectivity index (χ2v) is 10.8. The van der Waals surface area contributed by atoms with Gasteiger partial charge in [-0.1, -0.05) is 41.6 Å². The number of rotatable bonds is 11. The van der Waals surface area contributed by atoms with Crippen LogP contribution in [0, 0.1) is 0 Å². The largest absolute Gasteiger partial charge is 0.355 e. The Hall–Kier alpha value is -2.16. The standard InChI is InChI=1S/C26H34N4O2S2/c1-3-29(4-2)16-17-30-25(32)24-23(20-12-8-9-13-21(20)34-24)28-26(30)33-18-22(31)27-15-14-19-10-6-5-7-11-19/h8-10,12-13H,3-7,11,14-18H2,1-2H3,(H,27,31)/p+1. The Kier molecular flexibility index (Phi) is 8.80. The molecule has 2 heterocycles. The molecule has 0 saturated carbocycles. The maximum atomic E-state index is 13.5. The van der Waals surface area contributed by atoms with E-state index in [-0.39, 0.29) is 17.2 Å². The molecule has 1 amide bonds. The maximum absolute atomic E-state index is 13.5. The van der Waals surface area contributed by atoms with Crippen molar-refractivity contribution in [2.45, 2.75) is 57.7 Å². The lowest BCUT2D eigenvalue weighted by Crippen LogP contribution is -3.11. The van der Waals surface area contributed by atoms with Crippen LogP contribution in [0.4, 0.5) is 0 Å². The molecule has 6 nitrogen and oxygen atoms in total. The molecule has 182 valence electrons. The van der Waals surface area contributed by atoms with Crippen LogP contribution in [0.25, 0.3) is 20.3 Å². The van der Waals surface area contributed by atoms with Gasteiger partial charge in [0.2, 0.25) is 5.91 Å². The number of hydrogen-bond acceptors (Lipinski definition) is 5. The van der Waals surface area contributed by atoms with Crippen molar-refractivity contribution in [3.05, 3.63) is 46.3 Å². The van der Waals surface area contributed by atoms with Crippen molar-refractivity contribution < 1.29 is 9.69 Å². The molecule has 0 spiro atoms. The molecule has 0 aliphatic heterocycles. The van der Waals surface area contributed by atoms with E-state index < -0.39 is 0 Å². The smallest absolute Gasteiger partial charge is 0.272 e. The number of carbonyl (C=O) groups excluding carboxylic acids is 1. The predicted octanol–water partition coefficient (Wildman–Crippen LogP) is 3.63. The van der Waals surface area contributed by atoms with Crippen LogP contribution < -0.4 is 15.8 Å². The van der Waals surface area contributed by atoms with E-state index in [4.69, 9.17) is 4.98 Å². The van der Waals surface area contributed by atoms with E-state index in [1.165, 1.54) is 46.4 Å². The molecule has 2 N–H and O–H groups in total. The molecule has 8 heteroatoms. The Morgan fingerprint density at radius 1 is 1.24 bits per heavy atom. The van der Waals surface area contributed by atoms with E-state index in [0.717, 1.165) is 54.5 Å². The van der Waals surface area contributed by atoms with Crippen LogP contribution in [0.1, 0.15) is 46.0 Å². The van der Waals surface area contributed by atoms with Crippen LogP contribution >= 0.6 is 23.1 Å². The first-order chi connectivity index (χ1) is 16.6. The van der Waals surface area contributed by atoms with E-state index in [9.17, 15) is 9.59 Å². The summed E-state index contributed by atoms with van der Waals surface area (Å²) in [7, 11) is 0. The van der Waals surface area contributed by atoms with Gasteiger partial charge in [-0.3, -0.25) is 14.2 Å². The summed E-state index contributed by atoms with van der Waals surface area (Å²) in [6.45, 7) is 8.50. The topological polar surface area (TPSA) is 68.4 Å². The molecule has 0 unspecified atom stereocenters. The first-order valence-corrected chi connectivity index (χ1v) is 14.2. The number of quaternary nitrogens is 1. The quantitative estimate of drug-likeness (QED) is 0.240. The number of nitrogens with zero attached hydrogens (tertiary/aromatic N) is 2. The number of benzene rings is 1. The Balaban J connectivity index is 1.52. The second-order valence-electron chi connectivity index (χ2n) is 8.83. The molecule has 1 aliphatic rings. The molecular formula is C26H35N4O2S2+. The molecular weight excluding hydrogens is 464 g/mol. The minimum Gasteiger partial charge on any atom is -0.355 e. The number of thiophene rings is 1. The average molecular weight is 500 g/mol. The third kappa shape index (κ3) is 5.90. The molecule has 4 rings (SSSR count). The number of aromatic nitrogens is 2. The highest BCUT2D eigenvalue weighted by Gasteiger charge is 2.18. The average Bonchev–Trinajstić information content (AvgIpc) is 3.24. The van der Waals surface area contributed by atoms with Gasteiger partial charge in [0.1, 0.15) is 4.70 Å². The number of thioether (sulfide) groups is 1. The van der Waals surface area contributed by atoms with Gasteiger partial charge in [-0.15, -0.1) is 11.3 Å². The van der Waals surface area contributed by atoms with E-state index >= 15 is 0 Å². The number of nitrogens with one attached hydrogen (secondary N) is 2. The molecule has 1 aliphatic carbocycles. The SMILES string of the molecule is CC[NH+](CC)CCn1c(SCC(=O)NCCC2=CCCCC2)nc2c(sc3ccccc32)c1=O. The van der Waals surface area contributed by atoms with Crippen molar-refractivity contribution in [1.82, 2.24) is 14.9 Å². The first kappa shape index (κ1) is 24.9. The summed E-state index contributed by atoms with van der Waals surface area (Å²) in [6, 6.07) is 8.02. The van der Waals surface area contributed by atoms with E-state index in [0.29, 0.717) is 22.9 Å². The Morgan fingerprint density at radius 3 is 2.82 bits per heavy atom. The number of amides is 1. The number of hydrogen-bond donors (Lipinski definition) is 2. The van der Waals surface area contributed by atoms with Gasteiger partial charge in [0.15, 0.2) is 5.16 Å². The predicted molar refractivity (Wildman–Crippen MR) is 143 cm³/mol. The fourth-order valence-electron chi connectivity index (χ4n) is 4.51. The Bertz CT molecular complexity index is 1230. The molecule has 0 fully saturated rings. The molecule has 3 aromatic rings. The molecule has 0 atom stereocenters. The van der Waals surface area contributed by atoms with Crippen LogP contribution in [-0.4, -0.2) is 47.4 Å². The van der Waals surface area contributed by atoms with Gasteiger partial charge in [0.05, 0.1) is 37.4 Å². The highest BCUT2D eigenvalue weighted by molar-refractivity contribution is 7.99. The van der Waals surface area contributed by atoms with Crippen molar-refractivity contribution in [2.24, 2.45) is 0 Å². The van der Waals surface area contributed by atoms with Crippen molar-refractivity contribution in [3.63, 3.8) is 0 Å². The highest BCUT2D eigenvalue weighted by Crippen LogP contribution is 2.31. The lowest BCUT2D eigenvalue weighted by Gasteiger charge is -2.17. The second kappa shape index (κ2) is 12.0. The fourth-order valence-corrected chi connectivity index (χ4v) is 6.45. The molecule has 0 radical (unpaired) electrons. The summed E-state index contributed by atoms with van der Waals surface area (Å²) in [5.74, 6) is 0.254. The summed E-state index contributed by atoms with van der Waals surface area (Å²) in [4.78, 5) is 32.4. The zero-order valence-corrected chi connectivity index (χ0v) is 21.8. The summed E-state index contributed by atoms with van der Waals surface area (Å²) in [5.41, 5.74) is 2.22. The van der Waals surface area contributed by atoms with Gasteiger partial charge in [0.25, 0.3) is 5.56 Å². The normalized spacial score (nSPS) is 14.1. The molecule has 1 aromatic carbocycles. The van der Waals surface area contributed by atoms with Gasteiger partial charge in [0, 0.05) is 16.6 Å². The summed E-state index contributed by atoms with van der Waals surface area (Å²) in [6.07, 6.45) is 8.11. The highest BCUT2D eigenvalue weighted by atomic mass is 32.2. The van der Waals surface area contributed by atoms with E-state index in [2.05, 4.69) is 25.2 Å². The van der Waals surface area contributed by atoms with Crippen molar-refractivity contribution >= 4 is 49.3 Å². The van der Waals surface area contributed by atoms with Crippen molar-refractivity contribution in [1.29, 1.82) is 0 Å². The van der Waals surface area contributed by atoms with E-state index in [1.807, 2.05) is 24.3 Å². The van der Waals surface area contributed by atoms with Crippen LogP contribution in [0.15, 0.2) is 45.9 Å². The van der Waals surface area contributed by atoms with Crippen LogP contribution in [0.2, 0.25) is 0 Å². The Labute approximate surface area is 209 Å². The monoisotopic (exact) mass is 499 g/mol. The fraction of sp³-hybridized carbons (Fsp3) is 0.500. The third-order valence-corrected chi connectivity index (χ3v) is 8.75. The molecule has 2 aromatic heterocycles. The number of allylic oxidation sites excluding steroid dienone is 1. The Morgan fingerprint density at radius 2 is 2.06 bits per heavy atom. The van der Waals surface area contributed by atoms with Crippen LogP contribution in [0.5, 0.6) is 0 Å².